The van der Waals surface area contributed by atoms with E-state index < -0.39 is 8.38 Å². The van der Waals surface area contributed by atoms with Crippen molar-refractivity contribution in [2.45, 2.75) is 38.6 Å². The van der Waals surface area contributed by atoms with Crippen molar-refractivity contribution in [1.82, 2.24) is 0 Å². The van der Waals surface area contributed by atoms with Gasteiger partial charge in [0, 0.05) is 34.9 Å². The van der Waals surface area contributed by atoms with Crippen molar-refractivity contribution >= 4 is 8.38 Å². The molecule has 6 heteroatoms. The van der Waals surface area contributed by atoms with E-state index in [4.69, 9.17) is 14.0 Å². The third-order valence-corrected chi connectivity index (χ3v) is 4.00. The first kappa shape index (κ1) is 23.2. The lowest BCUT2D eigenvalue weighted by Gasteiger charge is -2.13. The molecule has 0 amide bonds. The average molecular weight is 358 g/mol. The molecule has 0 spiro atoms. The molecule has 0 aromatic heterocycles. The Morgan fingerprint density at radius 1 is 1.12 bits per heavy atom. The largest absolute Gasteiger partial charge is 0.388 e. The average Bonchev–Trinajstić information content (AvgIpc) is 3.06. The van der Waals surface area contributed by atoms with Crippen LogP contribution in [0.15, 0.2) is 42.2 Å². The maximum atomic E-state index is 9.42. The summed E-state index contributed by atoms with van der Waals surface area (Å²) in [5.74, 6) is 1.64. The van der Waals surface area contributed by atoms with Gasteiger partial charge in [0.1, 0.15) is 6.10 Å². The van der Waals surface area contributed by atoms with Crippen molar-refractivity contribution in [1.29, 1.82) is 0 Å². The van der Waals surface area contributed by atoms with E-state index in [0.29, 0.717) is 0 Å². The van der Waals surface area contributed by atoms with Crippen LogP contribution in [0.1, 0.15) is 31.9 Å². The van der Waals surface area contributed by atoms with Gasteiger partial charge in [0.25, 0.3) is 0 Å². The summed E-state index contributed by atoms with van der Waals surface area (Å²) in [6.07, 6.45) is 2.52. The Hall–Kier alpha value is -0.810. The number of rotatable bonds is 5. The summed E-state index contributed by atoms with van der Waals surface area (Å²) in [6, 6.07) is 10.1. The molecule has 4 atom stereocenters. The van der Waals surface area contributed by atoms with E-state index in [9.17, 15) is 4.89 Å². The van der Waals surface area contributed by atoms with E-state index >= 15 is 0 Å². The second kappa shape index (κ2) is 14.5. The van der Waals surface area contributed by atoms with Crippen LogP contribution in [0.5, 0.6) is 0 Å². The van der Waals surface area contributed by atoms with E-state index in [2.05, 4.69) is 16.9 Å². The molecule has 1 aromatic rings. The van der Waals surface area contributed by atoms with Crippen LogP contribution in [0, 0.1) is 0 Å². The van der Waals surface area contributed by atoms with E-state index in [1.807, 2.05) is 38.1 Å². The fourth-order valence-corrected chi connectivity index (χ4v) is 2.62. The first-order chi connectivity index (χ1) is 11.7. The Morgan fingerprint density at radius 3 is 2.21 bits per heavy atom. The molecule has 2 rings (SSSR count). The van der Waals surface area contributed by atoms with Crippen LogP contribution in [0.4, 0.5) is 0 Å². The highest BCUT2D eigenvalue weighted by atomic mass is 31.2. The molecule has 24 heavy (non-hydrogen) atoms. The molecule has 1 N–H and O–H groups in total. The summed E-state index contributed by atoms with van der Waals surface area (Å²) >= 11 is 0. The lowest BCUT2D eigenvalue weighted by Crippen LogP contribution is -2.20. The van der Waals surface area contributed by atoms with E-state index in [-0.39, 0.29) is 18.3 Å². The first-order valence-corrected chi connectivity index (χ1v) is 9.28. The highest BCUT2D eigenvalue weighted by molar-refractivity contribution is 7.49. The highest BCUT2D eigenvalue weighted by Gasteiger charge is 2.34. The van der Waals surface area contributed by atoms with Gasteiger partial charge in [-0.15, -0.1) is 0 Å². The minimum Gasteiger partial charge on any atom is -0.388 e. The molecule has 1 heterocycles. The van der Waals surface area contributed by atoms with Crippen LogP contribution in [0.3, 0.4) is 0 Å². The third kappa shape index (κ3) is 8.34. The lowest BCUT2D eigenvalue weighted by atomic mass is 10.0. The van der Waals surface area contributed by atoms with Crippen LogP contribution >= 0.6 is 8.38 Å². The van der Waals surface area contributed by atoms with Crippen molar-refractivity contribution in [2.75, 3.05) is 28.4 Å². The molecule has 2 unspecified atom stereocenters. The molecule has 1 aliphatic rings. The van der Waals surface area contributed by atoms with Crippen LogP contribution in [-0.4, -0.2) is 45.5 Å². The Labute approximate surface area is 147 Å². The van der Waals surface area contributed by atoms with Gasteiger partial charge in [0.15, 0.2) is 8.38 Å². The predicted octanol–water partition coefficient (Wildman–Crippen LogP) is 4.28. The quantitative estimate of drug-likeness (QED) is 0.796. The summed E-state index contributed by atoms with van der Waals surface area (Å²) in [6.45, 7) is 4.00. The molecule has 0 radical (unpaired) electrons. The Balaban J connectivity index is 0.000000952. The molecule has 1 aliphatic heterocycles. The number of ether oxygens (including phenoxy) is 3. The second-order valence-corrected chi connectivity index (χ2v) is 6.01. The SMILES string of the molecule is CC.COC.CO[C@H]1CC(c2ccccc2)O[C@@H]1/C=C/P(O)OC. The molecule has 5 nitrogen and oxygen atoms in total. The fraction of sp³-hybridized carbons (Fsp3) is 0.556. The molecular formula is C18H31O5P. The van der Waals surface area contributed by atoms with Gasteiger partial charge in [0.05, 0.1) is 12.2 Å². The van der Waals surface area contributed by atoms with Crippen LogP contribution in [0.25, 0.3) is 0 Å². The zero-order valence-corrected chi connectivity index (χ0v) is 16.4. The minimum atomic E-state index is -1.50. The Morgan fingerprint density at radius 2 is 1.71 bits per heavy atom. The van der Waals surface area contributed by atoms with Crippen LogP contribution < -0.4 is 0 Å². The third-order valence-electron chi connectivity index (χ3n) is 3.20. The second-order valence-electron chi connectivity index (χ2n) is 4.74. The smallest absolute Gasteiger partial charge is 0.194 e. The maximum absolute atomic E-state index is 9.42. The number of methoxy groups -OCH3 is 2. The molecule has 1 fully saturated rings. The fourth-order valence-electron chi connectivity index (χ4n) is 2.18. The molecule has 138 valence electrons. The Kier molecular flexibility index (Phi) is 14.0. The highest BCUT2D eigenvalue weighted by Crippen LogP contribution is 2.37. The van der Waals surface area contributed by atoms with Crippen LogP contribution in [-0.2, 0) is 18.7 Å². The van der Waals surface area contributed by atoms with Gasteiger partial charge < -0.3 is 23.6 Å². The molecule has 1 saturated heterocycles. The van der Waals surface area contributed by atoms with Crippen molar-refractivity contribution < 1.29 is 23.6 Å². The molecule has 0 bridgehead atoms. The standard InChI is InChI=1S/C14H19O4P.C2H6O.C2H6/c1-16-14-10-13(11-6-4-3-5-7-11)18-12(14)8-9-19(15)17-2;1-3-2;1-2/h3-9,12-15H,10H2,1-2H3;1-2H3;1-2H3/b9-8+;;/t12-,13?,14+,19?;;/m1../s1. The number of benzene rings is 1. The van der Waals surface area contributed by atoms with Gasteiger partial charge in [-0.2, -0.15) is 0 Å². The van der Waals surface area contributed by atoms with Gasteiger partial charge >= 0.3 is 0 Å². The normalized spacial score (nSPS) is 23.9. The lowest BCUT2D eigenvalue weighted by molar-refractivity contribution is 0.0220. The monoisotopic (exact) mass is 358 g/mol. The van der Waals surface area contributed by atoms with Gasteiger partial charge in [-0.05, 0) is 17.5 Å². The van der Waals surface area contributed by atoms with E-state index in [1.54, 1.807) is 27.1 Å². The zero-order chi connectivity index (χ0) is 18.4. The molecule has 0 aliphatic carbocycles. The van der Waals surface area contributed by atoms with Crippen molar-refractivity contribution in [3.63, 3.8) is 0 Å². The van der Waals surface area contributed by atoms with Gasteiger partial charge in [-0.1, -0.05) is 44.2 Å². The summed E-state index contributed by atoms with van der Waals surface area (Å²) in [5.41, 5.74) is 1.15. The number of hydrogen-bond acceptors (Lipinski definition) is 5. The number of hydrogen-bond donors (Lipinski definition) is 1. The summed E-state index contributed by atoms with van der Waals surface area (Å²) in [7, 11) is 4.91. The van der Waals surface area contributed by atoms with E-state index in [1.165, 1.54) is 7.11 Å². The topological polar surface area (TPSA) is 57.2 Å². The summed E-state index contributed by atoms with van der Waals surface area (Å²) in [4.78, 5) is 9.42. The van der Waals surface area contributed by atoms with E-state index in [0.717, 1.165) is 12.0 Å². The summed E-state index contributed by atoms with van der Waals surface area (Å²) < 4.78 is 20.5. The summed E-state index contributed by atoms with van der Waals surface area (Å²) in [5, 5.41) is 0. The van der Waals surface area contributed by atoms with Gasteiger partial charge in [0.2, 0.25) is 0 Å². The van der Waals surface area contributed by atoms with Crippen molar-refractivity contribution in [3.8, 4) is 0 Å². The molecule has 0 saturated carbocycles. The zero-order valence-electron chi connectivity index (χ0n) is 15.5. The molecule has 1 aromatic carbocycles. The van der Waals surface area contributed by atoms with Gasteiger partial charge in [-0.3, -0.25) is 0 Å². The maximum Gasteiger partial charge on any atom is 0.194 e. The van der Waals surface area contributed by atoms with Crippen molar-refractivity contribution in [2.24, 2.45) is 0 Å². The van der Waals surface area contributed by atoms with Gasteiger partial charge in [-0.25, -0.2) is 0 Å². The predicted molar refractivity (Wildman–Crippen MR) is 99.0 cm³/mol. The molecular weight excluding hydrogens is 327 g/mol. The minimum absolute atomic E-state index is 0.00159. The van der Waals surface area contributed by atoms with Crippen LogP contribution in [0.2, 0.25) is 0 Å². The Bertz CT molecular complexity index is 427. The first-order valence-electron chi connectivity index (χ1n) is 8.00. The van der Waals surface area contributed by atoms with Crippen molar-refractivity contribution in [3.05, 3.63) is 47.8 Å².